The highest BCUT2D eigenvalue weighted by Crippen LogP contribution is 2.17. The van der Waals surface area contributed by atoms with Gasteiger partial charge in [-0.3, -0.25) is 4.79 Å². The van der Waals surface area contributed by atoms with E-state index in [0.29, 0.717) is 24.5 Å². The van der Waals surface area contributed by atoms with Crippen molar-refractivity contribution in [2.45, 2.75) is 26.9 Å². The Labute approximate surface area is 159 Å². The number of esters is 1. The van der Waals surface area contributed by atoms with Crippen molar-refractivity contribution in [2.24, 2.45) is 0 Å². The maximum atomic E-state index is 12.3. The summed E-state index contributed by atoms with van der Waals surface area (Å²) in [5, 5.41) is 2.87. The number of carbonyl (C=O) groups excluding carboxylic acids is 2. The molecular weight excluding hydrogens is 346 g/mol. The predicted molar refractivity (Wildman–Crippen MR) is 103 cm³/mol. The van der Waals surface area contributed by atoms with Crippen molar-refractivity contribution >= 4 is 17.6 Å². The number of rotatable bonds is 9. The Morgan fingerprint density at radius 2 is 1.74 bits per heavy atom. The monoisotopic (exact) mass is 371 g/mol. The number of hydrogen-bond donors (Lipinski definition) is 1. The second-order valence-electron chi connectivity index (χ2n) is 5.92. The van der Waals surface area contributed by atoms with Crippen LogP contribution in [0.3, 0.4) is 0 Å². The number of anilines is 1. The van der Waals surface area contributed by atoms with Crippen molar-refractivity contribution < 1.29 is 23.8 Å². The number of ether oxygens (including phenoxy) is 3. The molecule has 0 unspecified atom stereocenters. The zero-order valence-electron chi connectivity index (χ0n) is 15.9. The van der Waals surface area contributed by atoms with Gasteiger partial charge in [0.1, 0.15) is 12.4 Å². The van der Waals surface area contributed by atoms with Gasteiger partial charge >= 0.3 is 5.97 Å². The molecule has 2 aromatic carbocycles. The third-order valence-electron chi connectivity index (χ3n) is 3.83. The Hall–Kier alpha value is -2.86. The van der Waals surface area contributed by atoms with Crippen LogP contribution in [0.1, 0.15) is 29.8 Å². The van der Waals surface area contributed by atoms with Crippen LogP contribution in [0.5, 0.6) is 5.75 Å². The van der Waals surface area contributed by atoms with Crippen LogP contribution in [-0.4, -0.2) is 37.8 Å². The SMILES string of the molecule is CCOCCOC(=O)[C@@H](C)Oc1ccc(C(=O)Nc2ccccc2C)cc1. The summed E-state index contributed by atoms with van der Waals surface area (Å²) in [6.07, 6.45) is -0.752. The van der Waals surface area contributed by atoms with Gasteiger partial charge in [0, 0.05) is 17.9 Å². The summed E-state index contributed by atoms with van der Waals surface area (Å²) in [5.74, 6) is -0.188. The minimum Gasteiger partial charge on any atom is -0.479 e. The van der Waals surface area contributed by atoms with Crippen LogP contribution in [0.25, 0.3) is 0 Å². The van der Waals surface area contributed by atoms with Crippen molar-refractivity contribution in [3.05, 3.63) is 59.7 Å². The van der Waals surface area contributed by atoms with E-state index in [1.54, 1.807) is 31.2 Å². The van der Waals surface area contributed by atoms with Gasteiger partial charge in [-0.15, -0.1) is 0 Å². The average molecular weight is 371 g/mol. The van der Waals surface area contributed by atoms with E-state index in [-0.39, 0.29) is 12.5 Å². The van der Waals surface area contributed by atoms with Crippen molar-refractivity contribution in [2.75, 3.05) is 25.1 Å². The molecule has 0 aliphatic heterocycles. The molecule has 1 N–H and O–H groups in total. The third-order valence-corrected chi connectivity index (χ3v) is 3.83. The third kappa shape index (κ3) is 6.42. The Balaban J connectivity index is 1.88. The first-order valence-electron chi connectivity index (χ1n) is 8.89. The molecule has 0 aromatic heterocycles. The number of amides is 1. The van der Waals surface area contributed by atoms with E-state index < -0.39 is 12.1 Å². The van der Waals surface area contributed by atoms with Crippen LogP contribution >= 0.6 is 0 Å². The van der Waals surface area contributed by atoms with E-state index >= 15 is 0 Å². The highest BCUT2D eigenvalue weighted by atomic mass is 16.6. The van der Waals surface area contributed by atoms with Gasteiger partial charge in [0.2, 0.25) is 0 Å². The molecule has 1 atom stereocenters. The van der Waals surface area contributed by atoms with E-state index in [2.05, 4.69) is 5.32 Å². The van der Waals surface area contributed by atoms with Crippen molar-refractivity contribution in [1.82, 2.24) is 0 Å². The van der Waals surface area contributed by atoms with Crippen LogP contribution in [0, 0.1) is 6.92 Å². The molecule has 2 rings (SSSR count). The maximum Gasteiger partial charge on any atom is 0.347 e. The first-order valence-corrected chi connectivity index (χ1v) is 8.89. The van der Waals surface area contributed by atoms with E-state index in [4.69, 9.17) is 14.2 Å². The minimum atomic E-state index is -0.752. The summed E-state index contributed by atoms with van der Waals surface area (Å²) >= 11 is 0. The summed E-state index contributed by atoms with van der Waals surface area (Å²) in [7, 11) is 0. The number of hydrogen-bond acceptors (Lipinski definition) is 5. The fraction of sp³-hybridized carbons (Fsp3) is 0.333. The first kappa shape index (κ1) is 20.5. The summed E-state index contributed by atoms with van der Waals surface area (Å²) in [6, 6.07) is 14.2. The molecule has 0 radical (unpaired) electrons. The van der Waals surface area contributed by atoms with Crippen LogP contribution in [0.4, 0.5) is 5.69 Å². The summed E-state index contributed by atoms with van der Waals surface area (Å²) < 4.78 is 15.7. The van der Waals surface area contributed by atoms with Crippen molar-refractivity contribution in [1.29, 1.82) is 0 Å². The molecule has 0 saturated heterocycles. The lowest BCUT2D eigenvalue weighted by molar-refractivity contribution is -0.152. The summed E-state index contributed by atoms with van der Waals surface area (Å²) in [4.78, 5) is 24.2. The standard InChI is InChI=1S/C21H25NO5/c1-4-25-13-14-26-21(24)16(3)27-18-11-9-17(10-12-18)20(23)22-19-8-6-5-7-15(19)2/h5-12,16H,4,13-14H2,1-3H3,(H,22,23)/t16-/m1/s1. The molecule has 6 heteroatoms. The fourth-order valence-electron chi connectivity index (χ4n) is 2.31. The van der Waals surface area contributed by atoms with E-state index in [0.717, 1.165) is 11.3 Å². The molecule has 0 spiro atoms. The molecular formula is C21H25NO5. The van der Waals surface area contributed by atoms with Crippen LogP contribution in [0.2, 0.25) is 0 Å². The van der Waals surface area contributed by atoms with Gasteiger partial charge in [0.15, 0.2) is 6.10 Å². The Bertz CT molecular complexity index is 757. The first-order chi connectivity index (χ1) is 13.0. The summed E-state index contributed by atoms with van der Waals surface area (Å²) in [5.41, 5.74) is 2.26. The average Bonchev–Trinajstić information content (AvgIpc) is 2.67. The van der Waals surface area contributed by atoms with Crippen LogP contribution < -0.4 is 10.1 Å². The van der Waals surface area contributed by atoms with E-state index in [1.165, 1.54) is 0 Å². The molecule has 2 aromatic rings. The molecule has 0 fully saturated rings. The minimum absolute atomic E-state index is 0.193. The molecule has 1 amide bonds. The number of carbonyl (C=O) groups is 2. The normalized spacial score (nSPS) is 11.5. The maximum absolute atomic E-state index is 12.3. The Morgan fingerprint density at radius 3 is 2.41 bits per heavy atom. The van der Waals surface area contributed by atoms with E-state index in [1.807, 2.05) is 38.1 Å². The van der Waals surface area contributed by atoms with Gasteiger partial charge in [-0.1, -0.05) is 18.2 Å². The van der Waals surface area contributed by atoms with E-state index in [9.17, 15) is 9.59 Å². The van der Waals surface area contributed by atoms with Gasteiger partial charge < -0.3 is 19.5 Å². The van der Waals surface area contributed by atoms with Gasteiger partial charge in [-0.05, 0) is 56.7 Å². The highest BCUT2D eigenvalue weighted by molar-refractivity contribution is 6.04. The van der Waals surface area contributed by atoms with Gasteiger partial charge in [-0.2, -0.15) is 0 Å². The second kappa shape index (κ2) is 10.3. The predicted octanol–water partition coefficient (Wildman–Crippen LogP) is 3.59. The number of benzene rings is 2. The zero-order valence-corrected chi connectivity index (χ0v) is 15.9. The van der Waals surface area contributed by atoms with Gasteiger partial charge in [-0.25, -0.2) is 4.79 Å². The quantitative estimate of drug-likeness (QED) is 0.539. The lowest BCUT2D eigenvalue weighted by atomic mass is 10.1. The molecule has 0 aliphatic rings. The lowest BCUT2D eigenvalue weighted by Crippen LogP contribution is -2.27. The highest BCUT2D eigenvalue weighted by Gasteiger charge is 2.16. The Kier molecular flexibility index (Phi) is 7.82. The summed E-state index contributed by atoms with van der Waals surface area (Å²) in [6.45, 7) is 6.55. The zero-order chi connectivity index (χ0) is 19.6. The van der Waals surface area contributed by atoms with Crippen molar-refractivity contribution in [3.8, 4) is 5.75 Å². The van der Waals surface area contributed by atoms with Gasteiger partial charge in [0.05, 0.1) is 6.61 Å². The molecule has 0 aliphatic carbocycles. The smallest absolute Gasteiger partial charge is 0.347 e. The Morgan fingerprint density at radius 1 is 1.04 bits per heavy atom. The number of nitrogens with one attached hydrogen (secondary N) is 1. The van der Waals surface area contributed by atoms with Crippen LogP contribution in [-0.2, 0) is 14.3 Å². The fourth-order valence-corrected chi connectivity index (χ4v) is 2.31. The molecule has 27 heavy (non-hydrogen) atoms. The topological polar surface area (TPSA) is 73.9 Å². The second-order valence-corrected chi connectivity index (χ2v) is 5.92. The number of para-hydroxylation sites is 1. The molecule has 0 saturated carbocycles. The van der Waals surface area contributed by atoms with Crippen LogP contribution in [0.15, 0.2) is 48.5 Å². The largest absolute Gasteiger partial charge is 0.479 e. The van der Waals surface area contributed by atoms with Crippen molar-refractivity contribution in [3.63, 3.8) is 0 Å². The molecule has 144 valence electrons. The lowest BCUT2D eigenvalue weighted by Gasteiger charge is -2.14. The molecule has 0 bridgehead atoms. The number of aryl methyl sites for hydroxylation is 1. The van der Waals surface area contributed by atoms with Gasteiger partial charge in [0.25, 0.3) is 5.91 Å². The molecule has 0 heterocycles. The molecule has 6 nitrogen and oxygen atoms in total.